The minimum Gasteiger partial charge on any atom is -0.480 e. The summed E-state index contributed by atoms with van der Waals surface area (Å²) in [5, 5.41) is 9.57. The lowest BCUT2D eigenvalue weighted by atomic mass is 10.0. The molecule has 142 valence electrons. The second-order valence-corrected chi connectivity index (χ2v) is 6.87. The molecule has 1 unspecified atom stereocenters. The van der Waals surface area contributed by atoms with E-state index in [4.69, 9.17) is 4.74 Å². The summed E-state index contributed by atoms with van der Waals surface area (Å²) >= 11 is 0. The van der Waals surface area contributed by atoms with E-state index in [9.17, 15) is 14.7 Å². The van der Waals surface area contributed by atoms with E-state index >= 15 is 0 Å². The number of ether oxygens (including phenoxy) is 1. The molecule has 1 aliphatic rings. The first-order valence-electron chi connectivity index (χ1n) is 9.21. The summed E-state index contributed by atoms with van der Waals surface area (Å²) in [7, 11) is 1.51. The van der Waals surface area contributed by atoms with Crippen LogP contribution in [0.1, 0.15) is 41.6 Å². The van der Waals surface area contributed by atoms with Crippen molar-refractivity contribution in [1.82, 2.24) is 9.88 Å². The molecule has 0 bridgehead atoms. The van der Waals surface area contributed by atoms with Crippen LogP contribution in [-0.4, -0.2) is 46.1 Å². The fourth-order valence-electron chi connectivity index (χ4n) is 3.33. The Bertz CT molecular complexity index is 771. The molecule has 1 fully saturated rings. The maximum absolute atomic E-state index is 12.7. The Hall–Kier alpha value is -2.89. The number of pyridine rings is 1. The summed E-state index contributed by atoms with van der Waals surface area (Å²) in [6.07, 6.45) is 6.30. The highest BCUT2D eigenvalue weighted by molar-refractivity contribution is 5.96. The number of carboxylic acids is 1. The predicted molar refractivity (Wildman–Crippen MR) is 101 cm³/mol. The van der Waals surface area contributed by atoms with E-state index < -0.39 is 12.0 Å². The molecule has 3 rings (SSSR count). The molecule has 0 aliphatic heterocycles. The first-order valence-corrected chi connectivity index (χ1v) is 9.21. The van der Waals surface area contributed by atoms with Crippen LogP contribution in [0.2, 0.25) is 0 Å². The number of benzene rings is 1. The number of nitrogens with zero attached hydrogens (tertiary/aromatic N) is 2. The Balaban J connectivity index is 1.67. The number of carbonyl (C=O) groups excluding carboxylic acids is 1. The van der Waals surface area contributed by atoms with Gasteiger partial charge in [0.2, 0.25) is 5.88 Å². The van der Waals surface area contributed by atoms with Crippen LogP contribution >= 0.6 is 0 Å². The molecular formula is C21H24N2O4. The molecule has 1 atom stereocenters. The van der Waals surface area contributed by atoms with Gasteiger partial charge in [-0.3, -0.25) is 4.79 Å². The molecule has 0 radical (unpaired) electrons. The quantitative estimate of drug-likeness (QED) is 0.812. The maximum Gasteiger partial charge on any atom is 0.326 e. The number of rotatable bonds is 7. The molecule has 1 aromatic carbocycles. The molecule has 1 heterocycles. The van der Waals surface area contributed by atoms with Gasteiger partial charge >= 0.3 is 5.97 Å². The van der Waals surface area contributed by atoms with Crippen molar-refractivity contribution in [2.24, 2.45) is 0 Å². The first kappa shape index (κ1) is 18.9. The van der Waals surface area contributed by atoms with Crippen molar-refractivity contribution >= 4 is 11.9 Å². The van der Waals surface area contributed by atoms with Gasteiger partial charge in [0.25, 0.3) is 5.91 Å². The smallest absolute Gasteiger partial charge is 0.326 e. The van der Waals surface area contributed by atoms with E-state index in [1.165, 1.54) is 31.0 Å². The van der Waals surface area contributed by atoms with Crippen molar-refractivity contribution in [3.05, 3.63) is 59.8 Å². The van der Waals surface area contributed by atoms with Gasteiger partial charge in [-0.1, -0.05) is 30.3 Å². The van der Waals surface area contributed by atoms with Gasteiger partial charge in [0.1, 0.15) is 12.1 Å². The number of carboxylic acid groups (broad SMARTS) is 1. The first-order chi connectivity index (χ1) is 13.0. The standard InChI is InChI=1S/C21H24N2O4/c1-23(18(21(25)26)13-15-7-3-2-4-8-15)20(24)16-11-12-19(22-14-16)27-17-9-5-6-10-17/h2-4,7-8,11-12,14,17-18H,5-6,9-10,13H2,1H3,(H,25,26). The molecule has 1 aromatic heterocycles. The fourth-order valence-corrected chi connectivity index (χ4v) is 3.33. The van der Waals surface area contributed by atoms with Gasteiger partial charge in [-0.25, -0.2) is 9.78 Å². The Morgan fingerprint density at radius 3 is 2.48 bits per heavy atom. The maximum atomic E-state index is 12.7. The molecule has 0 spiro atoms. The highest BCUT2D eigenvalue weighted by atomic mass is 16.5. The van der Waals surface area contributed by atoms with Crippen LogP contribution in [-0.2, 0) is 11.2 Å². The second-order valence-electron chi connectivity index (χ2n) is 6.87. The summed E-state index contributed by atoms with van der Waals surface area (Å²) in [6, 6.07) is 11.6. The third-order valence-corrected chi connectivity index (χ3v) is 4.92. The normalized spacial score (nSPS) is 15.3. The molecule has 27 heavy (non-hydrogen) atoms. The Morgan fingerprint density at radius 2 is 1.89 bits per heavy atom. The lowest BCUT2D eigenvalue weighted by Crippen LogP contribution is -2.43. The van der Waals surface area contributed by atoms with Gasteiger partial charge in [0.15, 0.2) is 0 Å². The number of aromatic nitrogens is 1. The Morgan fingerprint density at radius 1 is 1.19 bits per heavy atom. The van der Waals surface area contributed by atoms with Crippen molar-refractivity contribution in [2.75, 3.05) is 7.05 Å². The van der Waals surface area contributed by atoms with E-state index in [1.54, 1.807) is 12.1 Å². The SMILES string of the molecule is CN(C(=O)c1ccc(OC2CCCC2)nc1)C(Cc1ccccc1)C(=O)O. The number of aliphatic carboxylic acids is 1. The van der Waals surface area contributed by atoms with E-state index in [0.717, 1.165) is 18.4 Å². The third-order valence-electron chi connectivity index (χ3n) is 4.92. The lowest BCUT2D eigenvalue weighted by molar-refractivity contribution is -0.141. The zero-order chi connectivity index (χ0) is 19.2. The second kappa shape index (κ2) is 8.66. The number of likely N-dealkylation sites (N-methyl/N-ethyl adjacent to an activating group) is 1. The van der Waals surface area contributed by atoms with Gasteiger partial charge in [-0.05, 0) is 37.3 Å². The Labute approximate surface area is 158 Å². The van der Waals surface area contributed by atoms with Crippen molar-refractivity contribution < 1.29 is 19.4 Å². The molecule has 6 heteroatoms. The average Bonchev–Trinajstić information content (AvgIpc) is 3.19. The van der Waals surface area contributed by atoms with Gasteiger partial charge < -0.3 is 14.7 Å². The largest absolute Gasteiger partial charge is 0.480 e. The molecule has 0 saturated heterocycles. The molecule has 1 saturated carbocycles. The zero-order valence-corrected chi connectivity index (χ0v) is 15.4. The minimum atomic E-state index is -1.04. The van der Waals surface area contributed by atoms with Gasteiger partial charge in [-0.2, -0.15) is 0 Å². The van der Waals surface area contributed by atoms with Crippen LogP contribution in [0.5, 0.6) is 5.88 Å². The van der Waals surface area contributed by atoms with Gasteiger partial charge in [0, 0.05) is 25.7 Å². The molecule has 1 N–H and O–H groups in total. The average molecular weight is 368 g/mol. The summed E-state index contributed by atoms with van der Waals surface area (Å²) in [4.78, 5) is 29.9. The van der Waals surface area contributed by atoms with E-state index in [-0.39, 0.29) is 18.4 Å². The molecular weight excluding hydrogens is 344 g/mol. The number of hydrogen-bond donors (Lipinski definition) is 1. The summed E-state index contributed by atoms with van der Waals surface area (Å²) in [5.41, 5.74) is 1.21. The molecule has 2 aromatic rings. The molecule has 1 amide bonds. The lowest BCUT2D eigenvalue weighted by Gasteiger charge is -2.25. The van der Waals surface area contributed by atoms with Crippen LogP contribution in [0.3, 0.4) is 0 Å². The predicted octanol–water partition coefficient (Wildman–Crippen LogP) is 3.17. The van der Waals surface area contributed by atoms with Crippen LogP contribution in [0.15, 0.2) is 48.7 Å². The Kier molecular flexibility index (Phi) is 6.06. The van der Waals surface area contributed by atoms with E-state index in [2.05, 4.69) is 4.98 Å². The molecule has 1 aliphatic carbocycles. The third kappa shape index (κ3) is 4.84. The van der Waals surface area contributed by atoms with Crippen LogP contribution in [0, 0.1) is 0 Å². The highest BCUT2D eigenvalue weighted by Gasteiger charge is 2.28. The highest BCUT2D eigenvalue weighted by Crippen LogP contribution is 2.23. The van der Waals surface area contributed by atoms with Crippen molar-refractivity contribution in [2.45, 2.75) is 44.2 Å². The fraction of sp³-hybridized carbons (Fsp3) is 0.381. The van der Waals surface area contributed by atoms with Crippen molar-refractivity contribution in [3.63, 3.8) is 0 Å². The van der Waals surface area contributed by atoms with Crippen LogP contribution < -0.4 is 4.74 Å². The zero-order valence-electron chi connectivity index (χ0n) is 15.4. The number of hydrogen-bond acceptors (Lipinski definition) is 4. The van der Waals surface area contributed by atoms with Crippen molar-refractivity contribution in [1.29, 1.82) is 0 Å². The van der Waals surface area contributed by atoms with E-state index in [0.29, 0.717) is 11.4 Å². The monoisotopic (exact) mass is 368 g/mol. The number of amides is 1. The summed E-state index contributed by atoms with van der Waals surface area (Å²) in [5.74, 6) is -0.915. The number of carbonyl (C=O) groups is 2. The van der Waals surface area contributed by atoms with Gasteiger partial charge in [0.05, 0.1) is 5.56 Å². The van der Waals surface area contributed by atoms with E-state index in [1.807, 2.05) is 30.3 Å². The topological polar surface area (TPSA) is 79.7 Å². The van der Waals surface area contributed by atoms with Gasteiger partial charge in [-0.15, -0.1) is 0 Å². The summed E-state index contributed by atoms with van der Waals surface area (Å²) in [6.45, 7) is 0. The minimum absolute atomic E-state index is 0.198. The molecule has 6 nitrogen and oxygen atoms in total. The van der Waals surface area contributed by atoms with Crippen LogP contribution in [0.4, 0.5) is 0 Å². The van der Waals surface area contributed by atoms with Crippen molar-refractivity contribution in [3.8, 4) is 5.88 Å². The van der Waals surface area contributed by atoms with Crippen LogP contribution in [0.25, 0.3) is 0 Å². The summed E-state index contributed by atoms with van der Waals surface area (Å²) < 4.78 is 5.81.